The van der Waals surface area contributed by atoms with Crippen LogP contribution in [0.2, 0.25) is 0 Å². The summed E-state index contributed by atoms with van der Waals surface area (Å²) in [5.41, 5.74) is 0.412. The molecule has 0 unspecified atom stereocenters. The molecule has 1 fully saturated rings. The molecule has 0 N–H and O–H groups in total. The summed E-state index contributed by atoms with van der Waals surface area (Å²) in [6, 6.07) is 0. The Balaban J connectivity index is 2.58. The van der Waals surface area contributed by atoms with Crippen LogP contribution in [0.25, 0.3) is 0 Å². The molecule has 0 aromatic rings. The largest absolute Gasteiger partial charge is 0.103 e. The molecule has 2 heteroatoms. The number of hydrogen-bond acceptors (Lipinski definition) is 0. The van der Waals surface area contributed by atoms with E-state index in [1.165, 1.54) is 0 Å². The van der Waals surface area contributed by atoms with Gasteiger partial charge < -0.3 is 0 Å². The maximum Gasteiger partial charge on any atom is 0.103 e. The Bertz CT molecular complexity index is 166. The molecule has 0 radical (unpaired) electrons. The van der Waals surface area contributed by atoms with Gasteiger partial charge >= 0.3 is 0 Å². The van der Waals surface area contributed by atoms with Gasteiger partial charge in [0, 0.05) is 0 Å². The molecule has 0 amide bonds. The number of halogens is 2. The fourth-order valence-electron chi connectivity index (χ4n) is 1.44. The fourth-order valence-corrected chi connectivity index (χ4v) is 1.71. The molecule has 0 saturated heterocycles. The van der Waals surface area contributed by atoms with Crippen LogP contribution in [0.3, 0.4) is 0 Å². The molecule has 0 heterocycles. The zero-order valence-electron chi connectivity index (χ0n) is 6.49. The van der Waals surface area contributed by atoms with E-state index in [2.05, 4.69) is 20.8 Å². The third kappa shape index (κ3) is 1.33. The molecular formula is C8H12Cl2. The summed E-state index contributed by atoms with van der Waals surface area (Å²) in [5.74, 6) is 1.30. The molecule has 58 valence electrons. The van der Waals surface area contributed by atoms with Crippen molar-refractivity contribution in [2.45, 2.75) is 20.8 Å². The molecule has 0 aromatic carbocycles. The molecule has 10 heavy (non-hydrogen) atoms. The van der Waals surface area contributed by atoms with Gasteiger partial charge in [0.05, 0.1) is 0 Å². The zero-order valence-corrected chi connectivity index (χ0v) is 8.00. The first-order chi connectivity index (χ1) is 4.46. The van der Waals surface area contributed by atoms with Gasteiger partial charge in [0.1, 0.15) is 4.49 Å². The lowest BCUT2D eigenvalue weighted by atomic mass is 10.1. The third-order valence-corrected chi connectivity index (χ3v) is 3.02. The zero-order chi connectivity index (χ0) is 7.94. The molecule has 0 aromatic heterocycles. The van der Waals surface area contributed by atoms with Crippen LogP contribution in [-0.4, -0.2) is 0 Å². The lowest BCUT2D eigenvalue weighted by Gasteiger charge is -1.95. The van der Waals surface area contributed by atoms with E-state index in [1.807, 2.05) is 6.08 Å². The molecular weight excluding hydrogens is 167 g/mol. The highest BCUT2D eigenvalue weighted by atomic mass is 35.5. The van der Waals surface area contributed by atoms with Gasteiger partial charge in [-0.2, -0.15) is 0 Å². The quantitative estimate of drug-likeness (QED) is 0.576. The van der Waals surface area contributed by atoms with Crippen molar-refractivity contribution in [2.24, 2.45) is 17.3 Å². The summed E-state index contributed by atoms with van der Waals surface area (Å²) in [5, 5.41) is 0. The van der Waals surface area contributed by atoms with E-state index < -0.39 is 0 Å². The highest BCUT2D eigenvalue weighted by Gasteiger charge is 2.52. The maximum atomic E-state index is 5.53. The topological polar surface area (TPSA) is 0 Å². The molecule has 1 saturated carbocycles. The van der Waals surface area contributed by atoms with Crippen molar-refractivity contribution in [3.05, 3.63) is 10.6 Å². The average Bonchev–Trinajstić information content (AvgIpc) is 2.17. The Morgan fingerprint density at radius 2 is 1.80 bits per heavy atom. The van der Waals surface area contributed by atoms with Gasteiger partial charge in [0.15, 0.2) is 0 Å². The van der Waals surface area contributed by atoms with Crippen LogP contribution in [0.1, 0.15) is 20.8 Å². The van der Waals surface area contributed by atoms with Gasteiger partial charge in [-0.25, -0.2) is 0 Å². The predicted octanol–water partition coefficient (Wildman–Crippen LogP) is 3.60. The van der Waals surface area contributed by atoms with Crippen LogP contribution in [0.15, 0.2) is 10.6 Å². The van der Waals surface area contributed by atoms with Crippen molar-refractivity contribution in [2.75, 3.05) is 0 Å². The Morgan fingerprint density at radius 1 is 1.40 bits per heavy atom. The van der Waals surface area contributed by atoms with Crippen molar-refractivity contribution in [1.82, 2.24) is 0 Å². The summed E-state index contributed by atoms with van der Waals surface area (Å²) in [6.07, 6.45) is 1.94. The van der Waals surface area contributed by atoms with E-state index in [4.69, 9.17) is 23.2 Å². The van der Waals surface area contributed by atoms with Crippen molar-refractivity contribution in [3.63, 3.8) is 0 Å². The summed E-state index contributed by atoms with van der Waals surface area (Å²) >= 11 is 11.1. The van der Waals surface area contributed by atoms with E-state index >= 15 is 0 Å². The summed E-state index contributed by atoms with van der Waals surface area (Å²) in [7, 11) is 0. The van der Waals surface area contributed by atoms with Crippen molar-refractivity contribution in [1.29, 1.82) is 0 Å². The molecule has 0 nitrogen and oxygen atoms in total. The second-order valence-corrected chi connectivity index (χ2v) is 4.60. The molecule has 1 aliphatic carbocycles. The second-order valence-electron chi connectivity index (χ2n) is 3.59. The van der Waals surface area contributed by atoms with E-state index in [1.54, 1.807) is 0 Å². The molecule has 2 atom stereocenters. The van der Waals surface area contributed by atoms with E-state index in [0.717, 1.165) is 5.92 Å². The minimum atomic E-state index is 0.405. The van der Waals surface area contributed by atoms with Crippen molar-refractivity contribution in [3.8, 4) is 0 Å². The Hall–Kier alpha value is 0.320. The number of hydrogen-bond donors (Lipinski definition) is 0. The lowest BCUT2D eigenvalue weighted by molar-refractivity contribution is 0.570. The normalized spacial score (nSPS) is 35.3. The first-order valence-corrected chi connectivity index (χ1v) is 4.24. The monoisotopic (exact) mass is 178 g/mol. The van der Waals surface area contributed by atoms with Gasteiger partial charge in [-0.15, -0.1) is 0 Å². The predicted molar refractivity (Wildman–Crippen MR) is 46.2 cm³/mol. The number of allylic oxidation sites excluding steroid dienone is 1. The minimum absolute atomic E-state index is 0.405. The van der Waals surface area contributed by atoms with Gasteiger partial charge in [0.25, 0.3) is 0 Å². The van der Waals surface area contributed by atoms with E-state index in [-0.39, 0.29) is 0 Å². The highest BCUT2D eigenvalue weighted by molar-refractivity contribution is 6.55. The lowest BCUT2D eigenvalue weighted by Crippen LogP contribution is -1.86. The van der Waals surface area contributed by atoms with Gasteiger partial charge in [-0.05, 0) is 17.3 Å². The van der Waals surface area contributed by atoms with Crippen LogP contribution in [-0.2, 0) is 0 Å². The molecule has 0 bridgehead atoms. The summed E-state index contributed by atoms with van der Waals surface area (Å²) in [4.78, 5) is 0. The fraction of sp³-hybridized carbons (Fsp3) is 0.750. The summed E-state index contributed by atoms with van der Waals surface area (Å²) in [6.45, 7) is 6.68. The summed E-state index contributed by atoms with van der Waals surface area (Å²) < 4.78 is 0.405. The molecule has 1 rings (SSSR count). The van der Waals surface area contributed by atoms with Crippen LogP contribution >= 0.6 is 23.2 Å². The molecule has 0 spiro atoms. The SMILES string of the molecule is C[C@@H]1[C@H](C=C(Cl)Cl)C1(C)C. The molecule has 0 aliphatic heterocycles. The maximum absolute atomic E-state index is 5.53. The Labute approximate surface area is 72.2 Å². The van der Waals surface area contributed by atoms with Gasteiger partial charge in [-0.1, -0.05) is 50.0 Å². The third-order valence-electron chi connectivity index (χ3n) is 2.77. The standard InChI is InChI=1S/C8H12Cl2/c1-5-6(4-7(9)10)8(5,2)3/h4-6H,1-3H3/t5-,6+/m1/s1. The van der Waals surface area contributed by atoms with E-state index in [9.17, 15) is 0 Å². The highest BCUT2D eigenvalue weighted by Crippen LogP contribution is 2.59. The molecule has 1 aliphatic rings. The van der Waals surface area contributed by atoms with E-state index in [0.29, 0.717) is 15.8 Å². The Morgan fingerprint density at radius 3 is 1.90 bits per heavy atom. The second kappa shape index (κ2) is 2.42. The first-order valence-electron chi connectivity index (χ1n) is 3.49. The Kier molecular flexibility index (Phi) is 2.04. The van der Waals surface area contributed by atoms with Crippen molar-refractivity contribution < 1.29 is 0 Å². The van der Waals surface area contributed by atoms with Crippen LogP contribution in [0.5, 0.6) is 0 Å². The van der Waals surface area contributed by atoms with Crippen LogP contribution in [0.4, 0.5) is 0 Å². The first kappa shape index (κ1) is 8.42. The van der Waals surface area contributed by atoms with Crippen LogP contribution in [0, 0.1) is 17.3 Å². The van der Waals surface area contributed by atoms with Gasteiger partial charge in [0.2, 0.25) is 0 Å². The smallest absolute Gasteiger partial charge is 0.0712 e. The van der Waals surface area contributed by atoms with Gasteiger partial charge in [-0.3, -0.25) is 0 Å². The van der Waals surface area contributed by atoms with Crippen LogP contribution < -0.4 is 0 Å². The minimum Gasteiger partial charge on any atom is -0.0712 e. The average molecular weight is 179 g/mol. The van der Waals surface area contributed by atoms with Crippen molar-refractivity contribution >= 4 is 23.2 Å². The number of rotatable bonds is 1.